The number of rotatable bonds is 4. The lowest BCUT2D eigenvalue weighted by atomic mass is 10.2. The number of carboxylic acid groups (broad SMARTS) is 1. The van der Waals surface area contributed by atoms with Crippen molar-refractivity contribution in [1.29, 1.82) is 0 Å². The minimum atomic E-state index is -1.11. The van der Waals surface area contributed by atoms with E-state index in [1.165, 1.54) is 6.07 Å². The lowest BCUT2D eigenvalue weighted by molar-refractivity contribution is -0.138. The maximum atomic E-state index is 12.1. The molecular formula is C10H11Cl2N3O3. The Balaban J connectivity index is 3.09. The van der Waals surface area contributed by atoms with Crippen LogP contribution in [0, 0.1) is 0 Å². The Bertz CT molecular complexity index is 479. The van der Waals surface area contributed by atoms with Gasteiger partial charge in [0, 0.05) is 6.04 Å². The molecule has 1 amide bonds. The zero-order valence-corrected chi connectivity index (χ0v) is 11.2. The topological polar surface area (TPSA) is 83.4 Å². The van der Waals surface area contributed by atoms with Gasteiger partial charge in [-0.3, -0.25) is 9.59 Å². The van der Waals surface area contributed by atoms with Gasteiger partial charge < -0.3 is 10.0 Å². The Morgan fingerprint density at radius 1 is 1.39 bits per heavy atom. The van der Waals surface area contributed by atoms with Crippen LogP contribution in [0.15, 0.2) is 6.07 Å². The predicted octanol–water partition coefficient (Wildman–Crippen LogP) is 1.72. The van der Waals surface area contributed by atoms with Gasteiger partial charge in [-0.05, 0) is 19.9 Å². The van der Waals surface area contributed by atoms with Gasteiger partial charge in [-0.1, -0.05) is 23.2 Å². The van der Waals surface area contributed by atoms with Gasteiger partial charge in [0.1, 0.15) is 6.54 Å². The van der Waals surface area contributed by atoms with Crippen LogP contribution in [0.3, 0.4) is 0 Å². The molecule has 0 fully saturated rings. The molecule has 1 aromatic rings. The zero-order valence-electron chi connectivity index (χ0n) is 9.72. The third kappa shape index (κ3) is 3.54. The van der Waals surface area contributed by atoms with Gasteiger partial charge in [0.05, 0.1) is 5.56 Å². The number of aromatic nitrogens is 2. The average molecular weight is 292 g/mol. The molecule has 0 aliphatic heterocycles. The molecule has 1 N–H and O–H groups in total. The highest BCUT2D eigenvalue weighted by atomic mass is 35.5. The van der Waals surface area contributed by atoms with Gasteiger partial charge in [0.25, 0.3) is 5.91 Å². The third-order valence-electron chi connectivity index (χ3n) is 2.14. The number of carboxylic acids is 1. The quantitative estimate of drug-likeness (QED) is 0.913. The molecule has 8 heteroatoms. The average Bonchev–Trinajstić information content (AvgIpc) is 2.27. The van der Waals surface area contributed by atoms with Crippen molar-refractivity contribution < 1.29 is 14.7 Å². The summed E-state index contributed by atoms with van der Waals surface area (Å²) in [7, 11) is 0. The standard InChI is InChI=1S/C10H11Cl2N3O3/c1-5(2)15(4-8(16)17)10(18)6-3-7(11)13-14-9(6)12/h3,5H,4H2,1-2H3,(H,16,17). The summed E-state index contributed by atoms with van der Waals surface area (Å²) in [4.78, 5) is 24.0. The van der Waals surface area contributed by atoms with Crippen LogP contribution in [-0.2, 0) is 4.79 Å². The molecule has 0 bridgehead atoms. The molecule has 1 rings (SSSR count). The van der Waals surface area contributed by atoms with Crippen molar-refractivity contribution in [3.8, 4) is 0 Å². The number of carbonyl (C=O) groups excluding carboxylic acids is 1. The first-order chi connectivity index (χ1) is 8.32. The Labute approximate surface area is 114 Å². The number of amides is 1. The second kappa shape index (κ2) is 5.97. The van der Waals surface area contributed by atoms with Gasteiger partial charge in [-0.2, -0.15) is 0 Å². The van der Waals surface area contributed by atoms with E-state index in [-0.39, 0.29) is 21.9 Å². The summed E-state index contributed by atoms with van der Waals surface area (Å²) < 4.78 is 0. The minimum Gasteiger partial charge on any atom is -0.480 e. The number of nitrogens with zero attached hydrogens (tertiary/aromatic N) is 3. The SMILES string of the molecule is CC(C)N(CC(=O)O)C(=O)c1cc(Cl)nnc1Cl. The molecule has 0 aliphatic rings. The Kier molecular flexibility index (Phi) is 4.86. The highest BCUT2D eigenvalue weighted by Crippen LogP contribution is 2.18. The first-order valence-electron chi connectivity index (χ1n) is 5.04. The van der Waals surface area contributed by atoms with Crippen molar-refractivity contribution in [1.82, 2.24) is 15.1 Å². The van der Waals surface area contributed by atoms with Crippen LogP contribution in [0.2, 0.25) is 10.3 Å². The van der Waals surface area contributed by atoms with E-state index in [4.69, 9.17) is 28.3 Å². The number of carbonyl (C=O) groups is 2. The summed E-state index contributed by atoms with van der Waals surface area (Å²) in [5.41, 5.74) is 0.0339. The van der Waals surface area contributed by atoms with Gasteiger partial charge in [0.15, 0.2) is 10.3 Å². The third-order valence-corrected chi connectivity index (χ3v) is 2.60. The van der Waals surface area contributed by atoms with Crippen LogP contribution >= 0.6 is 23.2 Å². The van der Waals surface area contributed by atoms with Gasteiger partial charge in [-0.15, -0.1) is 10.2 Å². The van der Waals surface area contributed by atoms with E-state index in [0.717, 1.165) is 4.90 Å². The summed E-state index contributed by atoms with van der Waals surface area (Å²) in [6.45, 7) is 2.97. The normalized spacial score (nSPS) is 10.5. The molecular weight excluding hydrogens is 281 g/mol. The minimum absolute atomic E-state index is 0.0155. The summed E-state index contributed by atoms with van der Waals surface area (Å²) in [6.07, 6.45) is 0. The molecule has 0 unspecified atom stereocenters. The first-order valence-corrected chi connectivity index (χ1v) is 5.80. The van der Waals surface area contributed by atoms with Crippen molar-refractivity contribution >= 4 is 35.1 Å². The fourth-order valence-corrected chi connectivity index (χ4v) is 1.61. The number of hydrogen-bond donors (Lipinski definition) is 1. The Morgan fingerprint density at radius 2 is 2.00 bits per heavy atom. The summed E-state index contributed by atoms with van der Waals surface area (Å²) in [6, 6.07) is 0.966. The van der Waals surface area contributed by atoms with Crippen molar-refractivity contribution in [2.45, 2.75) is 19.9 Å². The van der Waals surface area contributed by atoms with Gasteiger partial charge in [0.2, 0.25) is 0 Å². The largest absolute Gasteiger partial charge is 0.480 e. The molecule has 0 saturated carbocycles. The molecule has 0 aromatic carbocycles. The monoisotopic (exact) mass is 291 g/mol. The van der Waals surface area contributed by atoms with E-state index in [2.05, 4.69) is 10.2 Å². The lowest BCUT2D eigenvalue weighted by Crippen LogP contribution is -2.40. The van der Waals surface area contributed by atoms with E-state index < -0.39 is 18.4 Å². The van der Waals surface area contributed by atoms with Crippen LogP contribution in [0.1, 0.15) is 24.2 Å². The van der Waals surface area contributed by atoms with Crippen LogP contribution in [0.25, 0.3) is 0 Å². The zero-order chi connectivity index (χ0) is 13.9. The fourth-order valence-electron chi connectivity index (χ4n) is 1.29. The number of aliphatic carboxylic acids is 1. The van der Waals surface area contributed by atoms with Gasteiger partial charge in [-0.25, -0.2) is 0 Å². The van der Waals surface area contributed by atoms with Crippen molar-refractivity contribution in [3.63, 3.8) is 0 Å². The molecule has 0 aliphatic carbocycles. The molecule has 18 heavy (non-hydrogen) atoms. The fraction of sp³-hybridized carbons (Fsp3) is 0.400. The highest BCUT2D eigenvalue weighted by molar-refractivity contribution is 6.34. The maximum Gasteiger partial charge on any atom is 0.323 e. The molecule has 0 atom stereocenters. The lowest BCUT2D eigenvalue weighted by Gasteiger charge is -2.25. The summed E-state index contributed by atoms with van der Waals surface area (Å²) in [5.74, 6) is -1.66. The maximum absolute atomic E-state index is 12.1. The summed E-state index contributed by atoms with van der Waals surface area (Å²) in [5, 5.41) is 15.7. The van der Waals surface area contributed by atoms with Crippen molar-refractivity contribution in [2.75, 3.05) is 6.54 Å². The second-order valence-corrected chi connectivity index (χ2v) is 4.54. The molecule has 1 heterocycles. The second-order valence-electron chi connectivity index (χ2n) is 3.79. The number of hydrogen-bond acceptors (Lipinski definition) is 4. The Hall–Kier alpha value is -1.40. The molecule has 0 saturated heterocycles. The van der Waals surface area contributed by atoms with Crippen molar-refractivity contribution in [3.05, 3.63) is 21.9 Å². The predicted molar refractivity (Wildman–Crippen MR) is 65.9 cm³/mol. The van der Waals surface area contributed by atoms with Crippen LogP contribution in [-0.4, -0.2) is 44.7 Å². The molecule has 0 radical (unpaired) electrons. The summed E-state index contributed by atoms with van der Waals surface area (Å²) >= 11 is 11.4. The van der Waals surface area contributed by atoms with E-state index >= 15 is 0 Å². The molecule has 1 aromatic heterocycles. The van der Waals surface area contributed by atoms with Crippen LogP contribution < -0.4 is 0 Å². The van der Waals surface area contributed by atoms with Crippen LogP contribution in [0.4, 0.5) is 0 Å². The van der Waals surface area contributed by atoms with E-state index in [9.17, 15) is 9.59 Å². The first kappa shape index (κ1) is 14.7. The van der Waals surface area contributed by atoms with Crippen LogP contribution in [0.5, 0.6) is 0 Å². The van der Waals surface area contributed by atoms with E-state index in [1.54, 1.807) is 13.8 Å². The van der Waals surface area contributed by atoms with E-state index in [1.807, 2.05) is 0 Å². The van der Waals surface area contributed by atoms with Crippen molar-refractivity contribution in [2.24, 2.45) is 0 Å². The number of halogens is 2. The molecule has 0 spiro atoms. The highest BCUT2D eigenvalue weighted by Gasteiger charge is 2.24. The molecule has 98 valence electrons. The van der Waals surface area contributed by atoms with Gasteiger partial charge >= 0.3 is 5.97 Å². The molecule has 6 nitrogen and oxygen atoms in total. The van der Waals surface area contributed by atoms with E-state index in [0.29, 0.717) is 0 Å². The Morgan fingerprint density at radius 3 is 2.50 bits per heavy atom. The smallest absolute Gasteiger partial charge is 0.323 e.